The van der Waals surface area contributed by atoms with Gasteiger partial charge < -0.3 is 0 Å². The molecule has 98 valence electrons. The number of hydrogen-bond donors (Lipinski definition) is 0. The van der Waals surface area contributed by atoms with E-state index < -0.39 is 10.1 Å². The van der Waals surface area contributed by atoms with Crippen LogP contribution >= 0.6 is 0 Å². The second kappa shape index (κ2) is 4.24. The molecular weight excluding hydrogens is 242 g/mol. The van der Waals surface area contributed by atoms with E-state index in [-0.39, 0.29) is 17.4 Å². The summed E-state index contributed by atoms with van der Waals surface area (Å²) in [5.41, 5.74) is 0.0108. The zero-order valence-electron chi connectivity index (χ0n) is 10.3. The van der Waals surface area contributed by atoms with Gasteiger partial charge >= 0.3 is 0 Å². The molecule has 0 bridgehead atoms. The zero-order chi connectivity index (χ0) is 12.7. The van der Waals surface area contributed by atoms with Gasteiger partial charge in [0.15, 0.2) is 0 Å². The summed E-state index contributed by atoms with van der Waals surface area (Å²) in [6.45, 7) is 2.13. The summed E-state index contributed by atoms with van der Waals surface area (Å²) in [4.78, 5) is 11.8. The van der Waals surface area contributed by atoms with Crippen LogP contribution in [-0.2, 0) is 19.2 Å². The maximum atomic E-state index is 11.8. The number of carbonyl (C=O) groups is 1. The molecule has 0 N–H and O–H groups in total. The summed E-state index contributed by atoms with van der Waals surface area (Å²) in [5.74, 6) is -0.209. The molecule has 0 aromatic heterocycles. The third-order valence-corrected chi connectivity index (χ3v) is 4.37. The summed E-state index contributed by atoms with van der Waals surface area (Å²) in [6, 6.07) is -0.0905. The Morgan fingerprint density at radius 3 is 2.71 bits per heavy atom. The van der Waals surface area contributed by atoms with Gasteiger partial charge in [-0.15, -0.1) is 4.28 Å². The van der Waals surface area contributed by atoms with Crippen molar-refractivity contribution in [2.75, 3.05) is 6.26 Å². The second-order valence-corrected chi connectivity index (χ2v) is 6.97. The van der Waals surface area contributed by atoms with Crippen molar-refractivity contribution in [3.05, 3.63) is 0 Å². The van der Waals surface area contributed by atoms with Crippen molar-refractivity contribution in [2.45, 2.75) is 51.5 Å². The molecule has 6 heteroatoms. The van der Waals surface area contributed by atoms with Crippen molar-refractivity contribution < 1.29 is 17.5 Å². The Hall–Kier alpha value is -0.620. The van der Waals surface area contributed by atoms with Crippen LogP contribution in [-0.4, -0.2) is 31.7 Å². The Balaban J connectivity index is 2.24. The number of fused-ring (bicyclic) bond motifs is 1. The molecule has 0 aromatic rings. The highest BCUT2D eigenvalue weighted by atomic mass is 32.2. The van der Waals surface area contributed by atoms with Gasteiger partial charge in [0.2, 0.25) is 5.91 Å². The Kier molecular flexibility index (Phi) is 3.20. The number of rotatable bonds is 2. The lowest BCUT2D eigenvalue weighted by Gasteiger charge is -2.48. The maximum absolute atomic E-state index is 11.8. The lowest BCUT2D eigenvalue weighted by atomic mass is 9.67. The van der Waals surface area contributed by atoms with E-state index in [2.05, 4.69) is 6.92 Å². The van der Waals surface area contributed by atoms with Gasteiger partial charge in [-0.05, 0) is 24.7 Å². The molecule has 1 aliphatic heterocycles. The fraction of sp³-hybridized carbons (Fsp3) is 0.909. The van der Waals surface area contributed by atoms with Gasteiger partial charge in [-0.25, -0.2) is 5.06 Å². The number of piperidine rings is 1. The van der Waals surface area contributed by atoms with Crippen molar-refractivity contribution in [3.63, 3.8) is 0 Å². The Bertz CT molecular complexity index is 419. The fourth-order valence-electron chi connectivity index (χ4n) is 2.99. The van der Waals surface area contributed by atoms with E-state index in [9.17, 15) is 13.2 Å². The molecule has 1 saturated carbocycles. The molecule has 0 spiro atoms. The molecule has 0 unspecified atom stereocenters. The highest BCUT2D eigenvalue weighted by Crippen LogP contribution is 2.46. The van der Waals surface area contributed by atoms with Gasteiger partial charge in [-0.2, -0.15) is 8.42 Å². The molecule has 2 aliphatic rings. The number of nitrogens with zero attached hydrogens (tertiary/aromatic N) is 1. The molecule has 1 aliphatic carbocycles. The van der Waals surface area contributed by atoms with Gasteiger partial charge in [0.1, 0.15) is 0 Å². The molecule has 5 nitrogen and oxygen atoms in total. The van der Waals surface area contributed by atoms with Crippen LogP contribution in [0.3, 0.4) is 0 Å². The molecule has 0 aromatic carbocycles. The summed E-state index contributed by atoms with van der Waals surface area (Å²) >= 11 is 0. The second-order valence-electron chi connectivity index (χ2n) is 5.41. The number of hydroxylamine groups is 2. The predicted molar refractivity (Wildman–Crippen MR) is 62.4 cm³/mol. The molecule has 17 heavy (non-hydrogen) atoms. The van der Waals surface area contributed by atoms with Crippen LogP contribution in [0.4, 0.5) is 0 Å². The number of hydrogen-bond acceptors (Lipinski definition) is 4. The van der Waals surface area contributed by atoms with E-state index in [4.69, 9.17) is 4.28 Å². The van der Waals surface area contributed by atoms with E-state index in [1.165, 1.54) is 0 Å². The van der Waals surface area contributed by atoms with E-state index in [0.717, 1.165) is 43.4 Å². The third-order valence-electron chi connectivity index (χ3n) is 3.93. The van der Waals surface area contributed by atoms with Crippen LogP contribution in [0.25, 0.3) is 0 Å². The van der Waals surface area contributed by atoms with Crippen molar-refractivity contribution in [2.24, 2.45) is 5.41 Å². The van der Waals surface area contributed by atoms with Gasteiger partial charge in [-0.3, -0.25) is 4.79 Å². The first-order valence-electron chi connectivity index (χ1n) is 6.03. The summed E-state index contributed by atoms with van der Waals surface area (Å²) in [6.07, 6.45) is 6.23. The molecule has 2 atom stereocenters. The van der Waals surface area contributed by atoms with Crippen molar-refractivity contribution in [1.29, 1.82) is 0 Å². The molecule has 1 saturated heterocycles. The molecule has 2 fully saturated rings. The first-order chi connectivity index (χ1) is 7.82. The largest absolute Gasteiger partial charge is 0.285 e. The summed E-state index contributed by atoms with van der Waals surface area (Å²) in [5, 5.41) is 1.12. The lowest BCUT2D eigenvalue weighted by molar-refractivity contribution is -0.189. The summed E-state index contributed by atoms with van der Waals surface area (Å²) < 4.78 is 27.3. The number of carbonyl (C=O) groups excluding carboxylic acids is 1. The van der Waals surface area contributed by atoms with Gasteiger partial charge in [-0.1, -0.05) is 19.8 Å². The van der Waals surface area contributed by atoms with Gasteiger partial charge in [0, 0.05) is 6.42 Å². The Morgan fingerprint density at radius 1 is 1.35 bits per heavy atom. The van der Waals surface area contributed by atoms with Crippen molar-refractivity contribution in [1.82, 2.24) is 5.06 Å². The maximum Gasteiger partial charge on any atom is 0.285 e. The van der Waals surface area contributed by atoms with Crippen LogP contribution < -0.4 is 0 Å². The standard InChI is InChI=1S/C11H19NO4S/c1-11-7-4-3-5-9(11)12(10(13)6-8-11)16-17(2,14)15/h9H,3-8H2,1-2H3/t9-,11+/m0/s1. The SMILES string of the molecule is C[C@]12CCCC[C@@H]1N(OS(C)(=O)=O)C(=O)CC2. The van der Waals surface area contributed by atoms with E-state index >= 15 is 0 Å². The van der Waals surface area contributed by atoms with Crippen LogP contribution in [0.5, 0.6) is 0 Å². The predicted octanol–water partition coefficient (Wildman–Crippen LogP) is 1.45. The monoisotopic (exact) mass is 261 g/mol. The molecule has 0 radical (unpaired) electrons. The molecule has 1 amide bonds. The smallest absolute Gasteiger partial charge is 0.273 e. The van der Waals surface area contributed by atoms with Crippen LogP contribution in [0, 0.1) is 5.41 Å². The van der Waals surface area contributed by atoms with E-state index in [1.807, 2.05) is 0 Å². The molecule has 2 rings (SSSR count). The highest BCUT2D eigenvalue weighted by molar-refractivity contribution is 7.85. The van der Waals surface area contributed by atoms with E-state index in [0.29, 0.717) is 6.42 Å². The highest BCUT2D eigenvalue weighted by Gasteiger charge is 2.47. The Morgan fingerprint density at radius 2 is 2.06 bits per heavy atom. The normalized spacial score (nSPS) is 34.6. The lowest BCUT2D eigenvalue weighted by Crippen LogP contribution is -2.55. The Labute approximate surface area is 102 Å². The zero-order valence-corrected chi connectivity index (χ0v) is 11.1. The van der Waals surface area contributed by atoms with Gasteiger partial charge in [0.25, 0.3) is 10.1 Å². The average Bonchev–Trinajstić information content (AvgIpc) is 2.21. The quantitative estimate of drug-likeness (QED) is 0.754. The van der Waals surface area contributed by atoms with Crippen molar-refractivity contribution >= 4 is 16.0 Å². The average molecular weight is 261 g/mol. The molecule has 1 heterocycles. The van der Waals surface area contributed by atoms with Gasteiger partial charge in [0.05, 0.1) is 12.3 Å². The first kappa shape index (κ1) is 12.8. The van der Waals surface area contributed by atoms with Crippen LogP contribution in [0.1, 0.15) is 45.4 Å². The minimum Gasteiger partial charge on any atom is -0.273 e. The minimum absolute atomic E-state index is 0.0108. The summed E-state index contributed by atoms with van der Waals surface area (Å²) in [7, 11) is -3.63. The molecular formula is C11H19NO4S. The fourth-order valence-corrected chi connectivity index (χ4v) is 3.47. The third kappa shape index (κ3) is 2.63. The first-order valence-corrected chi connectivity index (χ1v) is 7.85. The number of amides is 1. The van der Waals surface area contributed by atoms with E-state index in [1.54, 1.807) is 0 Å². The minimum atomic E-state index is -3.63. The van der Waals surface area contributed by atoms with Crippen LogP contribution in [0.15, 0.2) is 0 Å². The van der Waals surface area contributed by atoms with Crippen molar-refractivity contribution in [3.8, 4) is 0 Å². The topological polar surface area (TPSA) is 63.7 Å². The van der Waals surface area contributed by atoms with Crippen LogP contribution in [0.2, 0.25) is 0 Å².